The van der Waals surface area contributed by atoms with Crippen molar-refractivity contribution in [2.45, 2.75) is 26.4 Å². The zero-order chi connectivity index (χ0) is 13.0. The average molecular weight is 239 g/mol. The van der Waals surface area contributed by atoms with Gasteiger partial charge in [-0.15, -0.1) is 0 Å². The van der Waals surface area contributed by atoms with Gasteiger partial charge in [0.2, 0.25) is 0 Å². The summed E-state index contributed by atoms with van der Waals surface area (Å²) in [5.74, 6) is -0.646. The van der Waals surface area contributed by atoms with Crippen molar-refractivity contribution >= 4 is 5.84 Å². The van der Waals surface area contributed by atoms with E-state index in [4.69, 9.17) is 10.9 Å². The lowest BCUT2D eigenvalue weighted by molar-refractivity contribution is 0.262. The predicted molar refractivity (Wildman–Crippen MR) is 65.5 cm³/mol. The summed E-state index contributed by atoms with van der Waals surface area (Å²) in [5, 5.41) is 11.4. The lowest BCUT2D eigenvalue weighted by atomic mass is 10.1. The van der Waals surface area contributed by atoms with Gasteiger partial charge in [0.15, 0.2) is 5.84 Å². The molecule has 1 aromatic carbocycles. The van der Waals surface area contributed by atoms with E-state index in [2.05, 4.69) is 5.16 Å². The smallest absolute Gasteiger partial charge is 0.173 e. The Labute approximate surface area is 101 Å². The van der Waals surface area contributed by atoms with Gasteiger partial charge in [-0.3, -0.25) is 4.90 Å². The van der Waals surface area contributed by atoms with E-state index in [0.29, 0.717) is 18.2 Å². The molecule has 0 aliphatic carbocycles. The Hall–Kier alpha value is -1.62. The van der Waals surface area contributed by atoms with Gasteiger partial charge in [-0.25, -0.2) is 4.39 Å². The van der Waals surface area contributed by atoms with E-state index in [9.17, 15) is 4.39 Å². The molecule has 0 saturated heterocycles. The fourth-order valence-electron chi connectivity index (χ4n) is 1.40. The molecule has 0 heterocycles. The first-order valence-corrected chi connectivity index (χ1v) is 5.43. The van der Waals surface area contributed by atoms with Crippen LogP contribution in [0.3, 0.4) is 0 Å². The van der Waals surface area contributed by atoms with Crippen LogP contribution < -0.4 is 5.73 Å². The molecule has 0 amide bonds. The molecular formula is C12H18FN3O. The second kappa shape index (κ2) is 5.63. The monoisotopic (exact) mass is 239 g/mol. The third-order valence-corrected chi connectivity index (χ3v) is 2.76. The van der Waals surface area contributed by atoms with E-state index in [-0.39, 0.29) is 11.4 Å². The molecule has 0 saturated carbocycles. The van der Waals surface area contributed by atoms with E-state index in [1.54, 1.807) is 12.1 Å². The Morgan fingerprint density at radius 2 is 2.18 bits per heavy atom. The van der Waals surface area contributed by atoms with Gasteiger partial charge >= 0.3 is 0 Å². The van der Waals surface area contributed by atoms with Crippen molar-refractivity contribution < 1.29 is 9.60 Å². The highest BCUT2D eigenvalue weighted by Crippen LogP contribution is 2.15. The molecule has 17 heavy (non-hydrogen) atoms. The summed E-state index contributed by atoms with van der Waals surface area (Å²) in [6.07, 6.45) is 0. The lowest BCUT2D eigenvalue weighted by Gasteiger charge is -2.21. The predicted octanol–water partition coefficient (Wildman–Crippen LogP) is 1.76. The summed E-state index contributed by atoms with van der Waals surface area (Å²) in [6, 6.07) is 5.20. The summed E-state index contributed by atoms with van der Waals surface area (Å²) in [7, 11) is 1.92. The first-order chi connectivity index (χ1) is 7.97. The highest BCUT2D eigenvalue weighted by molar-refractivity contribution is 5.97. The molecule has 5 heteroatoms. The second-order valence-corrected chi connectivity index (χ2v) is 4.27. The second-order valence-electron chi connectivity index (χ2n) is 4.27. The van der Waals surface area contributed by atoms with Gasteiger partial charge in [0, 0.05) is 18.2 Å². The molecule has 0 spiro atoms. The zero-order valence-corrected chi connectivity index (χ0v) is 10.3. The number of halogens is 1. The van der Waals surface area contributed by atoms with Crippen LogP contribution >= 0.6 is 0 Å². The van der Waals surface area contributed by atoms with Gasteiger partial charge in [-0.2, -0.15) is 0 Å². The van der Waals surface area contributed by atoms with Crippen LogP contribution in [-0.2, 0) is 6.54 Å². The fourth-order valence-corrected chi connectivity index (χ4v) is 1.40. The van der Waals surface area contributed by atoms with Crippen LogP contribution in [0.1, 0.15) is 25.0 Å². The highest BCUT2D eigenvalue weighted by atomic mass is 19.1. The molecule has 94 valence electrons. The maximum absolute atomic E-state index is 14.0. The third-order valence-electron chi connectivity index (χ3n) is 2.76. The first kappa shape index (κ1) is 13.4. The van der Waals surface area contributed by atoms with Crippen molar-refractivity contribution in [3.05, 3.63) is 35.1 Å². The van der Waals surface area contributed by atoms with Gasteiger partial charge < -0.3 is 10.9 Å². The van der Waals surface area contributed by atoms with Crippen LogP contribution in [0.4, 0.5) is 4.39 Å². The molecule has 1 rings (SSSR count). The van der Waals surface area contributed by atoms with Crippen LogP contribution in [0.25, 0.3) is 0 Å². The SMILES string of the molecule is CC(C)N(C)Cc1cccc(/C(N)=N/O)c1F. The standard InChI is InChI=1S/C12H18FN3O/c1-8(2)16(3)7-9-5-4-6-10(11(9)13)12(14)15-17/h4-6,8,17H,7H2,1-3H3,(H2,14,15). The number of hydrogen-bond donors (Lipinski definition) is 2. The third kappa shape index (κ3) is 3.17. The summed E-state index contributed by atoms with van der Waals surface area (Å²) in [4.78, 5) is 2.01. The molecule has 0 bridgehead atoms. The molecule has 0 aromatic heterocycles. The molecule has 0 radical (unpaired) electrons. The Bertz CT molecular complexity index is 418. The topological polar surface area (TPSA) is 61.8 Å². The van der Waals surface area contributed by atoms with Gasteiger partial charge in [0.05, 0.1) is 5.56 Å². The molecular weight excluding hydrogens is 221 g/mol. The van der Waals surface area contributed by atoms with Crippen LogP contribution in [-0.4, -0.2) is 29.0 Å². The van der Waals surface area contributed by atoms with Crippen molar-refractivity contribution in [3.8, 4) is 0 Å². The molecule has 1 aromatic rings. The van der Waals surface area contributed by atoms with E-state index >= 15 is 0 Å². The van der Waals surface area contributed by atoms with Crippen LogP contribution in [0, 0.1) is 5.82 Å². The Kier molecular flexibility index (Phi) is 4.45. The number of benzene rings is 1. The Morgan fingerprint density at radius 1 is 1.53 bits per heavy atom. The van der Waals surface area contributed by atoms with Crippen molar-refractivity contribution in [1.82, 2.24) is 4.90 Å². The number of hydrogen-bond acceptors (Lipinski definition) is 3. The van der Waals surface area contributed by atoms with Gasteiger partial charge in [0.1, 0.15) is 5.82 Å². The number of oxime groups is 1. The minimum atomic E-state index is -0.435. The van der Waals surface area contributed by atoms with Crippen molar-refractivity contribution in [2.24, 2.45) is 10.9 Å². The Morgan fingerprint density at radius 3 is 2.71 bits per heavy atom. The van der Waals surface area contributed by atoms with Gasteiger partial charge in [0.25, 0.3) is 0 Å². The average Bonchev–Trinajstić information content (AvgIpc) is 2.30. The fraction of sp³-hybridized carbons (Fsp3) is 0.417. The zero-order valence-electron chi connectivity index (χ0n) is 10.3. The van der Waals surface area contributed by atoms with Gasteiger partial charge in [-0.1, -0.05) is 17.3 Å². The first-order valence-electron chi connectivity index (χ1n) is 5.43. The maximum atomic E-state index is 14.0. The van der Waals surface area contributed by atoms with Crippen LogP contribution in [0.2, 0.25) is 0 Å². The summed E-state index contributed by atoms with van der Waals surface area (Å²) >= 11 is 0. The van der Waals surface area contributed by atoms with E-state index < -0.39 is 5.82 Å². The van der Waals surface area contributed by atoms with Gasteiger partial charge in [-0.05, 0) is 27.0 Å². The van der Waals surface area contributed by atoms with Crippen molar-refractivity contribution in [1.29, 1.82) is 0 Å². The number of amidine groups is 1. The molecule has 0 unspecified atom stereocenters. The van der Waals surface area contributed by atoms with E-state index in [1.807, 2.05) is 25.8 Å². The minimum absolute atomic E-state index is 0.127. The van der Waals surface area contributed by atoms with E-state index in [0.717, 1.165) is 0 Å². The molecule has 0 atom stereocenters. The Balaban J connectivity index is 3.03. The molecule has 0 aliphatic rings. The van der Waals surface area contributed by atoms with Crippen molar-refractivity contribution in [2.75, 3.05) is 7.05 Å². The lowest BCUT2D eigenvalue weighted by Crippen LogP contribution is -2.26. The highest BCUT2D eigenvalue weighted by Gasteiger charge is 2.13. The molecule has 3 N–H and O–H groups in total. The summed E-state index contributed by atoms with van der Waals surface area (Å²) in [5.41, 5.74) is 6.06. The largest absolute Gasteiger partial charge is 0.409 e. The normalized spacial score (nSPS) is 12.5. The van der Waals surface area contributed by atoms with Crippen LogP contribution in [0.5, 0.6) is 0 Å². The maximum Gasteiger partial charge on any atom is 0.173 e. The van der Waals surface area contributed by atoms with E-state index in [1.165, 1.54) is 6.07 Å². The van der Waals surface area contributed by atoms with Crippen molar-refractivity contribution in [3.63, 3.8) is 0 Å². The number of nitrogens with two attached hydrogens (primary N) is 1. The summed E-state index contributed by atoms with van der Waals surface area (Å²) in [6.45, 7) is 4.55. The van der Waals surface area contributed by atoms with Crippen LogP contribution in [0.15, 0.2) is 23.4 Å². The number of nitrogens with zero attached hydrogens (tertiary/aromatic N) is 2. The minimum Gasteiger partial charge on any atom is -0.409 e. The quantitative estimate of drug-likeness (QED) is 0.364. The summed E-state index contributed by atoms with van der Waals surface area (Å²) < 4.78 is 14.0. The molecule has 4 nitrogen and oxygen atoms in total. The molecule has 0 aliphatic heterocycles. The molecule has 0 fully saturated rings. The number of rotatable bonds is 4.